The maximum Gasteiger partial charge on any atom is 0.409 e. The van der Waals surface area contributed by atoms with E-state index in [9.17, 15) is 24.6 Å². The highest BCUT2D eigenvalue weighted by molar-refractivity contribution is 8.01. The zero-order valence-electron chi connectivity index (χ0n) is 15.3. The number of aromatic hydroxyl groups is 2. The molecule has 28 heavy (non-hydrogen) atoms. The van der Waals surface area contributed by atoms with E-state index in [1.165, 1.54) is 23.1 Å². The molecule has 4 rings (SSSR count). The lowest BCUT2D eigenvalue weighted by molar-refractivity contribution is -0.140. The molecular weight excluding hydrogens is 386 g/mol. The molecular formula is C18H21N3O6S. The minimum Gasteiger partial charge on any atom is -0.504 e. The van der Waals surface area contributed by atoms with E-state index in [2.05, 4.69) is 5.32 Å². The molecule has 3 amide bonds. The molecule has 0 aliphatic carbocycles. The van der Waals surface area contributed by atoms with E-state index in [4.69, 9.17) is 4.74 Å². The molecule has 1 aromatic rings. The van der Waals surface area contributed by atoms with Gasteiger partial charge in [0.2, 0.25) is 5.91 Å². The second-order valence-electron chi connectivity index (χ2n) is 7.58. The summed E-state index contributed by atoms with van der Waals surface area (Å²) in [6.45, 7) is 3.49. The fourth-order valence-corrected chi connectivity index (χ4v) is 5.03. The molecule has 3 aliphatic heterocycles. The largest absolute Gasteiger partial charge is 0.504 e. The van der Waals surface area contributed by atoms with Gasteiger partial charge in [-0.3, -0.25) is 9.59 Å². The molecule has 0 bridgehead atoms. The molecule has 3 aliphatic rings. The summed E-state index contributed by atoms with van der Waals surface area (Å²) in [5.74, 6) is -0.901. The van der Waals surface area contributed by atoms with Crippen LogP contribution in [0.4, 0.5) is 4.79 Å². The fourth-order valence-electron chi connectivity index (χ4n) is 3.48. The summed E-state index contributed by atoms with van der Waals surface area (Å²) < 4.78 is 5.13. The Morgan fingerprint density at radius 3 is 2.71 bits per heavy atom. The molecule has 0 saturated carbocycles. The van der Waals surface area contributed by atoms with Crippen LogP contribution in [0.15, 0.2) is 18.2 Å². The zero-order chi connectivity index (χ0) is 20.1. The highest BCUT2D eigenvalue weighted by Crippen LogP contribution is 2.46. The van der Waals surface area contributed by atoms with Crippen LogP contribution < -0.4 is 5.32 Å². The standard InChI is InChI=1S/C18H21N3O6S/c1-18(8-21-14(24)5-15(21)28-18)9-27-17(26)20-6-11(7-20)19-16(25)10-2-3-12(22)13(23)4-10/h2-4,11,15,22-23H,5-9H2,1H3,(H,19,25)/t15-,18-/m1/s1. The third-order valence-corrected chi connectivity index (χ3v) is 6.67. The van der Waals surface area contributed by atoms with Crippen LogP contribution in [-0.2, 0) is 9.53 Å². The van der Waals surface area contributed by atoms with Crippen LogP contribution in [0.25, 0.3) is 0 Å². The average Bonchev–Trinajstić information content (AvgIpc) is 2.89. The Morgan fingerprint density at radius 2 is 2.07 bits per heavy atom. The van der Waals surface area contributed by atoms with E-state index in [1.54, 1.807) is 11.8 Å². The van der Waals surface area contributed by atoms with Gasteiger partial charge in [0.25, 0.3) is 5.91 Å². The third-order valence-electron chi connectivity index (χ3n) is 5.16. The monoisotopic (exact) mass is 407 g/mol. The van der Waals surface area contributed by atoms with Gasteiger partial charge in [-0.25, -0.2) is 4.79 Å². The molecule has 0 spiro atoms. The number of nitrogens with zero attached hydrogens (tertiary/aromatic N) is 2. The van der Waals surface area contributed by atoms with Gasteiger partial charge < -0.3 is 30.1 Å². The lowest BCUT2D eigenvalue weighted by Crippen LogP contribution is -2.61. The van der Waals surface area contributed by atoms with Gasteiger partial charge in [-0.2, -0.15) is 0 Å². The molecule has 0 aromatic heterocycles. The Hall–Kier alpha value is -2.62. The minimum atomic E-state index is -0.435. The minimum absolute atomic E-state index is 0.149. The maximum atomic E-state index is 12.2. The van der Waals surface area contributed by atoms with Crippen LogP contribution >= 0.6 is 11.8 Å². The lowest BCUT2D eigenvalue weighted by Gasteiger charge is -2.39. The molecule has 3 N–H and O–H groups in total. The molecule has 10 heteroatoms. The number of phenolic OH excluding ortho intramolecular Hbond substituents is 2. The van der Waals surface area contributed by atoms with Crippen LogP contribution in [0, 0.1) is 0 Å². The summed E-state index contributed by atoms with van der Waals surface area (Å²) in [4.78, 5) is 39.2. The Balaban J connectivity index is 1.20. The number of phenols is 2. The van der Waals surface area contributed by atoms with Crippen molar-refractivity contribution >= 4 is 29.7 Å². The van der Waals surface area contributed by atoms with Crippen molar-refractivity contribution in [3.05, 3.63) is 23.8 Å². The summed E-state index contributed by atoms with van der Waals surface area (Å²) in [6.07, 6.45) is 0.121. The lowest BCUT2D eigenvalue weighted by atomic mass is 10.1. The molecule has 0 unspecified atom stereocenters. The average molecular weight is 407 g/mol. The Morgan fingerprint density at radius 1 is 1.32 bits per heavy atom. The van der Waals surface area contributed by atoms with E-state index in [0.717, 1.165) is 0 Å². The quantitative estimate of drug-likeness (QED) is 0.497. The van der Waals surface area contributed by atoms with Gasteiger partial charge in [0, 0.05) is 25.2 Å². The summed E-state index contributed by atoms with van der Waals surface area (Å²) in [5, 5.41) is 21.7. The molecule has 9 nitrogen and oxygen atoms in total. The number of thioether (sulfide) groups is 1. The first kappa shape index (κ1) is 18.7. The summed E-state index contributed by atoms with van der Waals surface area (Å²) in [6, 6.07) is 3.63. The summed E-state index contributed by atoms with van der Waals surface area (Å²) in [7, 11) is 0. The van der Waals surface area contributed by atoms with Crippen LogP contribution in [0.5, 0.6) is 11.5 Å². The summed E-state index contributed by atoms with van der Waals surface area (Å²) in [5.41, 5.74) is 0.224. The van der Waals surface area contributed by atoms with Gasteiger partial charge in [0.1, 0.15) is 6.61 Å². The SMILES string of the molecule is C[C@]1(COC(=O)N2CC(NC(=O)c3ccc(O)c(O)c3)C2)CN2C(=O)C[C@H]2S1. The molecule has 0 radical (unpaired) electrons. The second-order valence-corrected chi connectivity index (χ2v) is 9.35. The Labute approximate surface area is 165 Å². The van der Waals surface area contributed by atoms with Crippen LogP contribution in [-0.4, -0.2) is 80.3 Å². The van der Waals surface area contributed by atoms with Gasteiger partial charge in [0.05, 0.1) is 22.6 Å². The van der Waals surface area contributed by atoms with Crippen molar-refractivity contribution in [3.63, 3.8) is 0 Å². The van der Waals surface area contributed by atoms with E-state index in [1.807, 2.05) is 11.8 Å². The van der Waals surface area contributed by atoms with Gasteiger partial charge in [0.15, 0.2) is 11.5 Å². The van der Waals surface area contributed by atoms with Crippen LogP contribution in [0.3, 0.4) is 0 Å². The topological polar surface area (TPSA) is 119 Å². The number of fused-ring (bicyclic) bond motifs is 1. The first-order valence-corrected chi connectivity index (χ1v) is 9.84. The molecule has 3 heterocycles. The van der Waals surface area contributed by atoms with Gasteiger partial charge in [-0.05, 0) is 25.1 Å². The number of amides is 3. The molecule has 150 valence electrons. The van der Waals surface area contributed by atoms with E-state index >= 15 is 0 Å². The van der Waals surface area contributed by atoms with Crippen molar-refractivity contribution in [1.29, 1.82) is 0 Å². The highest BCUT2D eigenvalue weighted by atomic mass is 32.2. The second kappa shape index (κ2) is 6.77. The van der Waals surface area contributed by atoms with Crippen molar-refractivity contribution in [2.24, 2.45) is 0 Å². The number of rotatable bonds is 4. The van der Waals surface area contributed by atoms with Crippen molar-refractivity contribution in [3.8, 4) is 11.5 Å². The van der Waals surface area contributed by atoms with E-state index in [0.29, 0.717) is 26.1 Å². The van der Waals surface area contributed by atoms with Gasteiger partial charge in [-0.15, -0.1) is 11.8 Å². The van der Waals surface area contributed by atoms with Gasteiger partial charge >= 0.3 is 6.09 Å². The normalized spacial score (nSPS) is 26.3. The molecule has 1 aromatic carbocycles. The molecule has 2 atom stereocenters. The predicted molar refractivity (Wildman–Crippen MR) is 100 cm³/mol. The predicted octanol–water partition coefficient (Wildman–Crippen LogP) is 0.712. The van der Waals surface area contributed by atoms with E-state index < -0.39 is 12.0 Å². The van der Waals surface area contributed by atoms with Gasteiger partial charge in [-0.1, -0.05) is 0 Å². The zero-order valence-corrected chi connectivity index (χ0v) is 16.1. The number of carbonyl (C=O) groups excluding carboxylic acids is 3. The number of hydrogen-bond donors (Lipinski definition) is 3. The number of likely N-dealkylation sites (tertiary alicyclic amines) is 1. The maximum absolute atomic E-state index is 12.2. The van der Waals surface area contributed by atoms with Crippen LogP contribution in [0.2, 0.25) is 0 Å². The van der Waals surface area contributed by atoms with Crippen LogP contribution in [0.1, 0.15) is 23.7 Å². The first-order valence-electron chi connectivity index (χ1n) is 8.96. The Kier molecular flexibility index (Phi) is 4.53. The fraction of sp³-hybridized carbons (Fsp3) is 0.500. The number of ether oxygens (including phenoxy) is 1. The number of carbonyl (C=O) groups is 3. The smallest absolute Gasteiger partial charge is 0.409 e. The molecule has 3 fully saturated rings. The highest BCUT2D eigenvalue weighted by Gasteiger charge is 2.51. The van der Waals surface area contributed by atoms with Crippen molar-refractivity contribution in [1.82, 2.24) is 15.1 Å². The van der Waals surface area contributed by atoms with E-state index in [-0.39, 0.29) is 45.7 Å². The van der Waals surface area contributed by atoms with Crippen molar-refractivity contribution < 1.29 is 29.3 Å². The third kappa shape index (κ3) is 3.44. The van der Waals surface area contributed by atoms with Crippen molar-refractivity contribution in [2.75, 3.05) is 26.2 Å². The number of benzene rings is 1. The number of hydrogen-bond acceptors (Lipinski definition) is 7. The summed E-state index contributed by atoms with van der Waals surface area (Å²) >= 11 is 1.67. The Bertz CT molecular complexity index is 843. The number of β-lactam (4-membered cyclic amide) rings is 1. The number of nitrogens with one attached hydrogen (secondary N) is 1. The van der Waals surface area contributed by atoms with Crippen molar-refractivity contribution in [2.45, 2.75) is 29.5 Å². The molecule has 3 saturated heterocycles. The first-order chi connectivity index (χ1) is 13.2.